The van der Waals surface area contributed by atoms with Crippen molar-refractivity contribution in [1.29, 1.82) is 0 Å². The van der Waals surface area contributed by atoms with Crippen molar-refractivity contribution >= 4 is 11.4 Å². The van der Waals surface area contributed by atoms with Crippen molar-refractivity contribution in [2.24, 2.45) is 5.41 Å². The predicted molar refractivity (Wildman–Crippen MR) is 82.5 cm³/mol. The molecule has 0 amide bonds. The normalized spacial score (nSPS) is 11.2. The lowest BCUT2D eigenvalue weighted by molar-refractivity contribution is 0.127. The molecule has 0 bridgehead atoms. The highest BCUT2D eigenvalue weighted by Crippen LogP contribution is 2.36. The third-order valence-electron chi connectivity index (χ3n) is 4.04. The Labute approximate surface area is 121 Å². The fourth-order valence-electron chi connectivity index (χ4n) is 2.11. The molecule has 0 unspecified atom stereocenters. The maximum Gasteiger partial charge on any atom is 0.162 e. The summed E-state index contributed by atoms with van der Waals surface area (Å²) in [5.74, 6) is 1.24. The van der Waals surface area contributed by atoms with E-state index in [1.807, 2.05) is 6.07 Å². The number of aliphatic hydroxyl groups is 1. The molecule has 1 rings (SSSR count). The Morgan fingerprint density at radius 2 is 1.70 bits per heavy atom. The van der Waals surface area contributed by atoms with Crippen LogP contribution < -0.4 is 20.5 Å². The summed E-state index contributed by atoms with van der Waals surface area (Å²) in [7, 11) is 3.17. The molecule has 0 heterocycles. The smallest absolute Gasteiger partial charge is 0.162 e. The van der Waals surface area contributed by atoms with Gasteiger partial charge in [-0.3, -0.25) is 0 Å². The summed E-state index contributed by atoms with van der Waals surface area (Å²) in [5.41, 5.74) is 7.28. The van der Waals surface area contributed by atoms with Gasteiger partial charge in [0.2, 0.25) is 0 Å². The monoisotopic (exact) mass is 282 g/mol. The van der Waals surface area contributed by atoms with Crippen molar-refractivity contribution in [1.82, 2.24) is 0 Å². The predicted octanol–water partition coefficient (Wildman–Crippen LogP) is 2.50. The Balaban J connectivity index is 2.92. The molecule has 0 aliphatic carbocycles. The van der Waals surface area contributed by atoms with Gasteiger partial charge in [0.25, 0.3) is 0 Å². The third kappa shape index (κ3) is 3.48. The first-order valence-electron chi connectivity index (χ1n) is 6.92. The van der Waals surface area contributed by atoms with Crippen LogP contribution in [0.25, 0.3) is 0 Å². The molecule has 0 saturated heterocycles. The molecule has 1 aromatic carbocycles. The molecule has 0 radical (unpaired) electrons. The van der Waals surface area contributed by atoms with Gasteiger partial charge in [0.1, 0.15) is 0 Å². The molecule has 0 aromatic heterocycles. The van der Waals surface area contributed by atoms with Crippen molar-refractivity contribution in [3.8, 4) is 11.5 Å². The number of aliphatic hydroxyl groups excluding tert-OH is 1. The van der Waals surface area contributed by atoms with E-state index in [-0.39, 0.29) is 12.0 Å². The number of hydrogen-bond acceptors (Lipinski definition) is 5. The first kappa shape index (κ1) is 16.4. The quantitative estimate of drug-likeness (QED) is 0.639. The van der Waals surface area contributed by atoms with E-state index in [0.717, 1.165) is 18.5 Å². The molecule has 1 aromatic rings. The van der Waals surface area contributed by atoms with E-state index in [2.05, 4.69) is 19.2 Å². The summed E-state index contributed by atoms with van der Waals surface area (Å²) in [5, 5.41) is 12.9. The van der Waals surface area contributed by atoms with Gasteiger partial charge in [-0.1, -0.05) is 13.8 Å². The second kappa shape index (κ2) is 7.24. The molecule has 0 saturated carbocycles. The van der Waals surface area contributed by atoms with Crippen molar-refractivity contribution in [2.75, 3.05) is 38.4 Å². The van der Waals surface area contributed by atoms with Gasteiger partial charge in [-0.05, 0) is 12.8 Å². The van der Waals surface area contributed by atoms with E-state index in [0.29, 0.717) is 23.7 Å². The number of hydrogen-bond donors (Lipinski definition) is 3. The molecule has 5 heteroatoms. The first-order chi connectivity index (χ1) is 9.55. The van der Waals surface area contributed by atoms with Gasteiger partial charge in [-0.25, -0.2) is 0 Å². The molecular formula is C15H26N2O3. The third-order valence-corrected chi connectivity index (χ3v) is 4.04. The van der Waals surface area contributed by atoms with E-state index in [1.165, 1.54) is 0 Å². The zero-order valence-electron chi connectivity index (χ0n) is 12.8. The Kier molecular flexibility index (Phi) is 5.95. The first-order valence-corrected chi connectivity index (χ1v) is 6.92. The summed E-state index contributed by atoms with van der Waals surface area (Å²) in [6.07, 6.45) is 1.81. The van der Waals surface area contributed by atoms with Gasteiger partial charge in [0, 0.05) is 24.1 Å². The largest absolute Gasteiger partial charge is 0.493 e. The zero-order valence-corrected chi connectivity index (χ0v) is 12.8. The summed E-state index contributed by atoms with van der Waals surface area (Å²) < 4.78 is 10.5. The van der Waals surface area contributed by atoms with Crippen LogP contribution in [0.4, 0.5) is 11.4 Å². The van der Waals surface area contributed by atoms with Crippen LogP contribution in [0, 0.1) is 5.41 Å². The van der Waals surface area contributed by atoms with E-state index >= 15 is 0 Å². The Morgan fingerprint density at radius 1 is 1.15 bits per heavy atom. The lowest BCUT2D eigenvalue weighted by Crippen LogP contribution is -2.32. The average molecular weight is 282 g/mol. The van der Waals surface area contributed by atoms with Gasteiger partial charge >= 0.3 is 0 Å². The molecule has 0 spiro atoms. The van der Waals surface area contributed by atoms with Crippen LogP contribution in [0.2, 0.25) is 0 Å². The minimum atomic E-state index is -0.125. The van der Waals surface area contributed by atoms with Crippen LogP contribution in [0.1, 0.15) is 26.7 Å². The minimum Gasteiger partial charge on any atom is -0.493 e. The highest BCUT2D eigenvalue weighted by atomic mass is 16.5. The SMILES string of the molecule is CCC(CC)(CO)CNc1cc(OC)c(OC)cc1N. The van der Waals surface area contributed by atoms with Crippen LogP contribution in [0.15, 0.2) is 12.1 Å². The maximum atomic E-state index is 9.59. The maximum absolute atomic E-state index is 9.59. The fourth-order valence-corrected chi connectivity index (χ4v) is 2.11. The lowest BCUT2D eigenvalue weighted by Gasteiger charge is -2.30. The minimum absolute atomic E-state index is 0.125. The van der Waals surface area contributed by atoms with E-state index in [9.17, 15) is 5.11 Å². The molecule has 4 N–H and O–H groups in total. The fraction of sp³-hybridized carbons (Fsp3) is 0.600. The van der Waals surface area contributed by atoms with Crippen LogP contribution >= 0.6 is 0 Å². The number of nitrogens with two attached hydrogens (primary N) is 1. The number of nitrogen functional groups attached to an aromatic ring is 1. The number of nitrogens with one attached hydrogen (secondary N) is 1. The molecule has 114 valence electrons. The number of rotatable bonds is 8. The van der Waals surface area contributed by atoms with Gasteiger partial charge < -0.3 is 25.6 Å². The second-order valence-corrected chi connectivity index (χ2v) is 5.01. The van der Waals surface area contributed by atoms with Crippen molar-refractivity contribution in [2.45, 2.75) is 26.7 Å². The Hall–Kier alpha value is -1.62. The van der Waals surface area contributed by atoms with Crippen molar-refractivity contribution in [3.05, 3.63) is 12.1 Å². The Morgan fingerprint density at radius 3 is 2.15 bits per heavy atom. The molecule has 0 aliphatic rings. The summed E-state index contributed by atoms with van der Waals surface area (Å²) in [6, 6.07) is 3.56. The molecule has 20 heavy (non-hydrogen) atoms. The highest BCUT2D eigenvalue weighted by molar-refractivity contribution is 5.72. The van der Waals surface area contributed by atoms with Crippen molar-refractivity contribution < 1.29 is 14.6 Å². The second-order valence-electron chi connectivity index (χ2n) is 5.01. The molecule has 5 nitrogen and oxygen atoms in total. The van der Waals surface area contributed by atoms with Gasteiger partial charge in [-0.2, -0.15) is 0 Å². The van der Waals surface area contributed by atoms with Gasteiger partial charge in [0.05, 0.1) is 32.2 Å². The summed E-state index contributed by atoms with van der Waals surface area (Å²) >= 11 is 0. The van der Waals surface area contributed by atoms with Gasteiger partial charge in [-0.15, -0.1) is 0 Å². The van der Waals surface area contributed by atoms with Gasteiger partial charge in [0.15, 0.2) is 11.5 Å². The van der Waals surface area contributed by atoms with Crippen LogP contribution in [0.3, 0.4) is 0 Å². The lowest BCUT2D eigenvalue weighted by atomic mass is 9.83. The number of anilines is 2. The molecule has 0 aliphatic heterocycles. The Bertz CT molecular complexity index is 423. The van der Waals surface area contributed by atoms with Crippen LogP contribution in [0.5, 0.6) is 11.5 Å². The topological polar surface area (TPSA) is 76.7 Å². The molecule has 0 atom stereocenters. The molecule has 0 fully saturated rings. The average Bonchev–Trinajstić information content (AvgIpc) is 2.49. The number of methoxy groups -OCH3 is 2. The van der Waals surface area contributed by atoms with Crippen LogP contribution in [-0.2, 0) is 0 Å². The number of ether oxygens (including phenoxy) is 2. The summed E-state index contributed by atoms with van der Waals surface area (Å²) in [6.45, 7) is 4.98. The molecular weight excluding hydrogens is 256 g/mol. The standard InChI is InChI=1S/C15H26N2O3/c1-5-15(6-2,10-18)9-17-12-8-14(20-4)13(19-3)7-11(12)16/h7-8,17-18H,5-6,9-10,16H2,1-4H3. The summed E-state index contributed by atoms with van der Waals surface area (Å²) in [4.78, 5) is 0. The number of benzene rings is 1. The van der Waals surface area contributed by atoms with E-state index in [4.69, 9.17) is 15.2 Å². The highest BCUT2D eigenvalue weighted by Gasteiger charge is 2.25. The zero-order chi connectivity index (χ0) is 15.2. The van der Waals surface area contributed by atoms with E-state index in [1.54, 1.807) is 20.3 Å². The van der Waals surface area contributed by atoms with Crippen molar-refractivity contribution in [3.63, 3.8) is 0 Å². The van der Waals surface area contributed by atoms with E-state index < -0.39 is 0 Å². The van der Waals surface area contributed by atoms with Crippen LogP contribution in [-0.4, -0.2) is 32.5 Å².